The molecule has 0 saturated heterocycles. The van der Waals surface area contributed by atoms with E-state index in [0.29, 0.717) is 57.4 Å². The highest BCUT2D eigenvalue weighted by atomic mass is 16.3. The summed E-state index contributed by atoms with van der Waals surface area (Å²) in [7, 11) is 0. The van der Waals surface area contributed by atoms with Gasteiger partial charge in [0.25, 0.3) is 0 Å². The van der Waals surface area contributed by atoms with Crippen molar-refractivity contribution in [2.24, 2.45) is 0 Å². The van der Waals surface area contributed by atoms with Crippen LogP contribution in [-0.2, 0) is 0 Å². The lowest BCUT2D eigenvalue weighted by Crippen LogP contribution is -2.06. The van der Waals surface area contributed by atoms with Gasteiger partial charge < -0.3 is 27.1 Å². The highest BCUT2D eigenvalue weighted by molar-refractivity contribution is 6.31. The van der Waals surface area contributed by atoms with Gasteiger partial charge in [0, 0.05) is 104 Å². The Morgan fingerprint density at radius 2 is 0.470 bits per heavy atom. The Labute approximate surface area is 750 Å². The van der Waals surface area contributed by atoms with Crippen molar-refractivity contribution in [1.82, 2.24) is 57.3 Å². The molecule has 0 atom stereocenters. The summed E-state index contributed by atoms with van der Waals surface area (Å²) >= 11 is 0. The van der Waals surface area contributed by atoms with E-state index >= 15 is 0 Å². The van der Waals surface area contributed by atoms with Crippen LogP contribution < -0.4 is 0 Å². The molecule has 0 aliphatic rings. The second kappa shape index (κ2) is 29.0. The Kier molecular flexibility index (Phi) is 16.2. The first kappa shape index (κ1) is 73.7. The first-order valence-corrected chi connectivity index (χ1v) is 43.9. The van der Waals surface area contributed by atoms with Crippen molar-refractivity contribution >= 4 is 175 Å². The van der Waals surface area contributed by atoms with Gasteiger partial charge in [0.1, 0.15) is 28.9 Å². The molecule has 0 amide bonds. The van der Waals surface area contributed by atoms with Crippen LogP contribution in [-0.4, -0.2) is 57.3 Å². The van der Waals surface area contributed by atoms with Crippen molar-refractivity contribution in [2.75, 3.05) is 0 Å². The van der Waals surface area contributed by atoms with Gasteiger partial charge in [-0.25, -0.2) is 9.97 Å². The van der Waals surface area contributed by atoms with Gasteiger partial charge in [-0.05, 0) is 152 Å². The molecule has 0 unspecified atom stereocenters. The third-order valence-electron chi connectivity index (χ3n) is 26.3. The Bertz CT molecular complexity index is 9730. The first-order chi connectivity index (χ1) is 65.4. The largest absolute Gasteiger partial charge is 0.455 e. The number of fused-ring (bicyclic) bond motifs is 28. The molecule has 28 aromatic rings. The zero-order chi connectivity index (χ0) is 86.9. The molecule has 0 aliphatic heterocycles. The maximum absolute atomic E-state index is 11.0. The van der Waals surface area contributed by atoms with Crippen molar-refractivity contribution in [3.05, 3.63) is 412 Å². The van der Waals surface area contributed by atoms with Gasteiger partial charge >= 0.3 is 0 Å². The van der Waals surface area contributed by atoms with E-state index in [9.17, 15) is 10.5 Å². The number of aromatic nitrogens is 12. The minimum Gasteiger partial charge on any atom is -0.455 e. The van der Waals surface area contributed by atoms with Crippen LogP contribution in [0.4, 0.5) is 0 Å². The van der Waals surface area contributed by atoms with E-state index in [1.54, 1.807) is 0 Å². The summed E-state index contributed by atoms with van der Waals surface area (Å²) in [5.74, 6) is 3.01. The molecular formula is C116H66N14O2. The summed E-state index contributed by atoms with van der Waals surface area (Å²) in [6.07, 6.45) is 0. The van der Waals surface area contributed by atoms with Crippen LogP contribution in [0.15, 0.2) is 409 Å². The normalized spacial score (nSPS) is 11.9. The molecule has 0 saturated carbocycles. The molecule has 0 aliphatic carbocycles. The fraction of sp³-hybridized carbons (Fsp3) is 0. The molecule has 0 bridgehead atoms. The number of nitriles is 2. The SMILES string of the molecule is N#Cc1cc(-c2nc(-c3ccccc3)nc(-n3c4ccccc4c4ccccc43)n2)ccc1-n1c2ccccc2c2c3oc4c(ccc5c4c4ccccc4n5-c4ccccc4)c3ccc21.N#Cc1cc(-c2nc(-c3ccccc3)nc(-n3c4ccccc4c4ccccc43)n2)ccc1-n1c2ccccc2c2c3oc4c(ccc5c6ccccc6n(-c6ccccc6)c54)c3ccc21. The highest BCUT2D eigenvalue weighted by Crippen LogP contribution is 2.49. The maximum Gasteiger partial charge on any atom is 0.238 e. The van der Waals surface area contributed by atoms with E-state index in [1.807, 2.05) is 146 Å². The second-order valence-corrected chi connectivity index (χ2v) is 33.4. The topological polar surface area (TPSA) is 181 Å². The average Bonchev–Trinajstić information content (AvgIpc) is 1.54. The van der Waals surface area contributed by atoms with E-state index in [2.05, 4.69) is 294 Å². The summed E-state index contributed by atoms with van der Waals surface area (Å²) in [6.45, 7) is 0. The van der Waals surface area contributed by atoms with E-state index in [1.165, 1.54) is 5.39 Å². The van der Waals surface area contributed by atoms with Gasteiger partial charge in [0.15, 0.2) is 28.9 Å². The summed E-state index contributed by atoms with van der Waals surface area (Å²) in [4.78, 5) is 30.6. The minimum atomic E-state index is 0.467. The van der Waals surface area contributed by atoms with Crippen LogP contribution in [0, 0.1) is 22.7 Å². The maximum atomic E-state index is 11.0. The molecule has 10 aromatic heterocycles. The molecule has 0 radical (unpaired) electrons. The Hall–Kier alpha value is -18.6. The number of hydrogen-bond acceptors (Lipinski definition) is 10. The molecule has 0 fully saturated rings. The monoisotopic (exact) mass is 1690 g/mol. The van der Waals surface area contributed by atoms with E-state index in [-0.39, 0.29) is 0 Å². The quantitative estimate of drug-likeness (QED) is 0.128. The minimum absolute atomic E-state index is 0.467. The molecular weight excluding hydrogens is 1620 g/mol. The molecule has 16 nitrogen and oxygen atoms in total. The van der Waals surface area contributed by atoms with Crippen LogP contribution in [0.5, 0.6) is 0 Å². The standard InChI is InChI=1S/2C58H33N7O/c59-34-37-33-36(57-60-56(35-15-3-1-4-16-35)61-58(62-57)65-48-24-12-7-19-39(48)40-20-8-13-25-49(40)65)27-31-46(37)64-50-26-14-10-22-45(50)52-51(64)32-30-43-44-29-28-42-41-21-9-11-23-47(41)63(38-17-5-2-6-18-38)53(42)55(44)66-54(43)52;59-34-37-33-36(57-60-56(35-15-3-1-4-16-35)61-58(62-57)65-46-23-11-7-19-39(46)40-20-8-12-24-47(40)65)27-30-45(37)64-49-26-14-10-22-44(49)53-51(64)32-29-42-41-28-31-50-52(54(41)66-55(42)53)43-21-9-13-25-48(43)63(50)38-17-5-2-6-18-38/h2*1-33H. The molecule has 0 spiro atoms. The van der Waals surface area contributed by atoms with Gasteiger partial charge in [-0.15, -0.1) is 0 Å². The van der Waals surface area contributed by atoms with Crippen molar-refractivity contribution in [2.45, 2.75) is 0 Å². The van der Waals surface area contributed by atoms with Gasteiger partial charge in [-0.1, -0.05) is 249 Å². The lowest BCUT2D eigenvalue weighted by molar-refractivity contribution is 0.675. The van der Waals surface area contributed by atoms with Crippen LogP contribution in [0.2, 0.25) is 0 Å². The number of para-hydroxylation sites is 10. The number of benzene rings is 18. The van der Waals surface area contributed by atoms with Crippen molar-refractivity contribution in [1.29, 1.82) is 10.5 Å². The molecule has 16 heteroatoms. The van der Waals surface area contributed by atoms with Gasteiger partial charge in [0.05, 0.1) is 105 Å². The third kappa shape index (κ3) is 11.0. The molecule has 18 aromatic carbocycles. The number of furan rings is 2. The predicted molar refractivity (Wildman–Crippen MR) is 531 cm³/mol. The lowest BCUT2D eigenvalue weighted by atomic mass is 10.1. The third-order valence-corrected chi connectivity index (χ3v) is 26.3. The van der Waals surface area contributed by atoms with Crippen LogP contribution >= 0.6 is 0 Å². The number of nitrogens with zero attached hydrogens (tertiary/aromatic N) is 14. The van der Waals surface area contributed by atoms with Gasteiger partial charge in [-0.3, -0.25) is 9.13 Å². The summed E-state index contributed by atoms with van der Waals surface area (Å²) in [6, 6.07) is 142. The Balaban J connectivity index is 0.000000135. The predicted octanol–water partition coefficient (Wildman–Crippen LogP) is 28.5. The fourth-order valence-electron chi connectivity index (χ4n) is 20.6. The van der Waals surface area contributed by atoms with Crippen LogP contribution in [0.25, 0.3) is 255 Å². The molecule has 0 N–H and O–H groups in total. The van der Waals surface area contributed by atoms with Crippen LogP contribution in [0.1, 0.15) is 11.1 Å². The molecule has 10 heterocycles. The van der Waals surface area contributed by atoms with E-state index in [0.717, 1.165) is 203 Å². The number of hydrogen-bond donors (Lipinski definition) is 0. The van der Waals surface area contributed by atoms with Gasteiger partial charge in [0.2, 0.25) is 11.9 Å². The summed E-state index contributed by atoms with van der Waals surface area (Å²) in [5.41, 5.74) is 23.2. The Morgan fingerprint density at radius 3 is 0.848 bits per heavy atom. The van der Waals surface area contributed by atoms with Crippen LogP contribution in [0.3, 0.4) is 0 Å². The number of rotatable bonds is 10. The average molecular weight is 1690 g/mol. The zero-order valence-electron chi connectivity index (χ0n) is 70.2. The summed E-state index contributed by atoms with van der Waals surface area (Å²) < 4.78 is 27.5. The molecule has 28 rings (SSSR count). The van der Waals surface area contributed by atoms with Crippen molar-refractivity contribution < 1.29 is 8.83 Å². The van der Waals surface area contributed by atoms with Crippen molar-refractivity contribution in [3.8, 4) is 92.3 Å². The molecule has 612 valence electrons. The summed E-state index contributed by atoms with van der Waals surface area (Å²) in [5, 5.41) is 39.2. The zero-order valence-corrected chi connectivity index (χ0v) is 70.2. The Morgan fingerprint density at radius 1 is 0.197 bits per heavy atom. The molecule has 132 heavy (non-hydrogen) atoms. The smallest absolute Gasteiger partial charge is 0.238 e. The fourth-order valence-corrected chi connectivity index (χ4v) is 20.6. The second-order valence-electron chi connectivity index (χ2n) is 33.4. The van der Waals surface area contributed by atoms with E-state index < -0.39 is 0 Å². The first-order valence-electron chi connectivity index (χ1n) is 43.9. The van der Waals surface area contributed by atoms with Gasteiger partial charge in [-0.2, -0.15) is 30.5 Å². The highest BCUT2D eigenvalue weighted by Gasteiger charge is 2.29. The van der Waals surface area contributed by atoms with Crippen molar-refractivity contribution in [3.63, 3.8) is 0 Å². The lowest BCUT2D eigenvalue weighted by Gasteiger charge is -2.13. The van der Waals surface area contributed by atoms with E-state index in [4.69, 9.17) is 38.7 Å².